The summed E-state index contributed by atoms with van der Waals surface area (Å²) in [7, 11) is 0. The first-order chi connectivity index (χ1) is 9.06. The van der Waals surface area contributed by atoms with Crippen LogP contribution in [0.2, 0.25) is 0 Å². The standard InChI is InChI=1S/C12H15F2N3O2/c13-11(14)10-9(12(18)19)15-16-17(10)5-8-4-6-1-2-7(8)3-6/h6-8,11H,1-5H2,(H,18,19). The van der Waals surface area contributed by atoms with Crippen molar-refractivity contribution in [2.24, 2.45) is 17.8 Å². The third kappa shape index (κ3) is 2.11. The molecule has 1 heterocycles. The van der Waals surface area contributed by atoms with E-state index >= 15 is 0 Å². The highest BCUT2D eigenvalue weighted by molar-refractivity contribution is 5.86. The topological polar surface area (TPSA) is 68.0 Å². The maximum Gasteiger partial charge on any atom is 0.358 e. The molecule has 7 heteroatoms. The first-order valence-corrected chi connectivity index (χ1v) is 6.51. The smallest absolute Gasteiger partial charge is 0.358 e. The van der Waals surface area contributed by atoms with Crippen molar-refractivity contribution in [1.29, 1.82) is 0 Å². The molecule has 0 radical (unpaired) electrons. The number of alkyl halides is 2. The normalized spacial score (nSPS) is 29.3. The molecule has 3 rings (SSSR count). The lowest BCUT2D eigenvalue weighted by atomic mass is 9.89. The molecular weight excluding hydrogens is 256 g/mol. The van der Waals surface area contributed by atoms with Gasteiger partial charge < -0.3 is 5.11 Å². The van der Waals surface area contributed by atoms with Crippen LogP contribution in [0.4, 0.5) is 8.78 Å². The fourth-order valence-electron chi connectivity index (χ4n) is 3.65. The Balaban J connectivity index is 1.83. The maximum atomic E-state index is 13.0. The number of aromatic carboxylic acids is 1. The number of nitrogens with zero attached hydrogens (tertiary/aromatic N) is 3. The van der Waals surface area contributed by atoms with Crippen molar-refractivity contribution >= 4 is 5.97 Å². The molecule has 0 aliphatic heterocycles. The molecule has 0 spiro atoms. The van der Waals surface area contributed by atoms with E-state index in [1.165, 1.54) is 12.8 Å². The molecule has 2 saturated carbocycles. The lowest BCUT2D eigenvalue weighted by Gasteiger charge is -2.21. The monoisotopic (exact) mass is 271 g/mol. The zero-order valence-electron chi connectivity index (χ0n) is 10.3. The van der Waals surface area contributed by atoms with Crippen molar-refractivity contribution in [3.63, 3.8) is 0 Å². The van der Waals surface area contributed by atoms with E-state index in [0.29, 0.717) is 24.3 Å². The molecule has 3 atom stereocenters. The Morgan fingerprint density at radius 2 is 2.21 bits per heavy atom. The average molecular weight is 271 g/mol. The van der Waals surface area contributed by atoms with Gasteiger partial charge in [-0.2, -0.15) is 0 Å². The molecular formula is C12H15F2N3O2. The maximum absolute atomic E-state index is 13.0. The Morgan fingerprint density at radius 1 is 1.42 bits per heavy atom. The van der Waals surface area contributed by atoms with Crippen molar-refractivity contribution in [3.05, 3.63) is 11.4 Å². The Labute approximate surface area is 108 Å². The largest absolute Gasteiger partial charge is 0.476 e. The van der Waals surface area contributed by atoms with Crippen molar-refractivity contribution in [2.45, 2.75) is 38.7 Å². The van der Waals surface area contributed by atoms with Gasteiger partial charge >= 0.3 is 5.97 Å². The highest BCUT2D eigenvalue weighted by Crippen LogP contribution is 2.49. The predicted octanol–water partition coefficient (Wildman–Crippen LogP) is 2.35. The summed E-state index contributed by atoms with van der Waals surface area (Å²) in [5.74, 6) is 0.176. The van der Waals surface area contributed by atoms with Gasteiger partial charge in [0.1, 0.15) is 5.69 Å². The van der Waals surface area contributed by atoms with Gasteiger partial charge in [-0.1, -0.05) is 11.6 Å². The minimum Gasteiger partial charge on any atom is -0.476 e. The summed E-state index contributed by atoms with van der Waals surface area (Å²) < 4.78 is 27.1. The second-order valence-corrected chi connectivity index (χ2v) is 5.55. The first-order valence-electron chi connectivity index (χ1n) is 6.51. The highest BCUT2D eigenvalue weighted by atomic mass is 19.3. The van der Waals surface area contributed by atoms with Crippen molar-refractivity contribution in [2.75, 3.05) is 0 Å². The summed E-state index contributed by atoms with van der Waals surface area (Å²) >= 11 is 0. The molecule has 19 heavy (non-hydrogen) atoms. The van der Waals surface area contributed by atoms with Crippen LogP contribution in [0.25, 0.3) is 0 Å². The van der Waals surface area contributed by atoms with Gasteiger partial charge in [0.2, 0.25) is 0 Å². The number of fused-ring (bicyclic) bond motifs is 2. The van der Waals surface area contributed by atoms with Gasteiger partial charge in [-0.25, -0.2) is 18.3 Å². The number of rotatable bonds is 4. The van der Waals surface area contributed by atoms with Gasteiger partial charge in [0.25, 0.3) is 6.43 Å². The van der Waals surface area contributed by atoms with E-state index in [1.807, 2.05) is 0 Å². The summed E-state index contributed by atoms with van der Waals surface area (Å²) in [6, 6.07) is 0. The number of hydrogen-bond acceptors (Lipinski definition) is 3. The van der Waals surface area contributed by atoms with Crippen LogP contribution in [0.3, 0.4) is 0 Å². The van der Waals surface area contributed by atoms with Crippen LogP contribution in [-0.4, -0.2) is 26.1 Å². The summed E-state index contributed by atoms with van der Waals surface area (Å²) in [5, 5.41) is 15.8. The molecule has 2 aliphatic carbocycles. The van der Waals surface area contributed by atoms with Crippen molar-refractivity contribution < 1.29 is 18.7 Å². The van der Waals surface area contributed by atoms with E-state index in [-0.39, 0.29) is 0 Å². The van der Waals surface area contributed by atoms with Crippen LogP contribution < -0.4 is 0 Å². The molecule has 0 aromatic carbocycles. The van der Waals surface area contributed by atoms with Crippen molar-refractivity contribution in [3.8, 4) is 0 Å². The average Bonchev–Trinajstić information content (AvgIpc) is 3.01. The molecule has 0 saturated heterocycles. The van der Waals surface area contributed by atoms with Crippen LogP contribution in [0.15, 0.2) is 0 Å². The predicted molar refractivity (Wildman–Crippen MR) is 60.9 cm³/mol. The third-order valence-corrected chi connectivity index (χ3v) is 4.47. The zero-order chi connectivity index (χ0) is 13.6. The van der Waals surface area contributed by atoms with Gasteiger partial charge in [-0.15, -0.1) is 5.10 Å². The lowest BCUT2D eigenvalue weighted by molar-refractivity contribution is 0.0675. The minimum atomic E-state index is -2.86. The minimum absolute atomic E-state index is 0.333. The van der Waals surface area contributed by atoms with Crippen LogP contribution in [-0.2, 0) is 6.54 Å². The van der Waals surface area contributed by atoms with E-state index in [9.17, 15) is 13.6 Å². The van der Waals surface area contributed by atoms with Gasteiger partial charge in [-0.3, -0.25) is 0 Å². The fraction of sp³-hybridized carbons (Fsp3) is 0.750. The highest BCUT2D eigenvalue weighted by Gasteiger charge is 2.40. The zero-order valence-corrected chi connectivity index (χ0v) is 10.3. The fourth-order valence-corrected chi connectivity index (χ4v) is 3.65. The van der Waals surface area contributed by atoms with Gasteiger partial charge in [0, 0.05) is 6.54 Å². The summed E-state index contributed by atoms with van der Waals surface area (Å²) in [6.45, 7) is 0.362. The van der Waals surface area contributed by atoms with Crippen LogP contribution >= 0.6 is 0 Å². The Hall–Kier alpha value is -1.53. The van der Waals surface area contributed by atoms with E-state index in [4.69, 9.17) is 5.11 Å². The van der Waals surface area contributed by atoms with Crippen LogP contribution in [0.1, 0.15) is 48.3 Å². The molecule has 5 nitrogen and oxygen atoms in total. The van der Waals surface area contributed by atoms with E-state index in [0.717, 1.165) is 17.5 Å². The Morgan fingerprint density at radius 3 is 2.74 bits per heavy atom. The van der Waals surface area contributed by atoms with Crippen LogP contribution in [0.5, 0.6) is 0 Å². The molecule has 1 aromatic rings. The number of carboxylic acids is 1. The quantitative estimate of drug-likeness (QED) is 0.912. The number of hydrogen-bond donors (Lipinski definition) is 1. The molecule has 2 bridgehead atoms. The Bertz CT molecular complexity index is 503. The SMILES string of the molecule is O=C(O)c1nnn(CC2CC3CCC2C3)c1C(F)F. The van der Waals surface area contributed by atoms with Gasteiger partial charge in [0.05, 0.1) is 0 Å². The third-order valence-electron chi connectivity index (χ3n) is 4.47. The van der Waals surface area contributed by atoms with Crippen LogP contribution in [0, 0.1) is 17.8 Å². The number of halogens is 2. The van der Waals surface area contributed by atoms with E-state index in [1.54, 1.807) is 0 Å². The number of carboxylic acid groups (broad SMARTS) is 1. The van der Waals surface area contributed by atoms with Crippen molar-refractivity contribution in [1.82, 2.24) is 15.0 Å². The van der Waals surface area contributed by atoms with Gasteiger partial charge in [0.15, 0.2) is 5.69 Å². The molecule has 0 amide bonds. The second kappa shape index (κ2) is 4.54. The molecule has 1 aromatic heterocycles. The molecule has 3 unspecified atom stereocenters. The summed E-state index contributed by atoms with van der Waals surface area (Å²) in [6.07, 6.45) is 1.74. The van der Waals surface area contributed by atoms with Gasteiger partial charge in [-0.05, 0) is 37.0 Å². The Kier molecular flexibility index (Phi) is 2.99. The molecule has 2 fully saturated rings. The van der Waals surface area contributed by atoms with E-state index < -0.39 is 23.8 Å². The van der Waals surface area contributed by atoms with E-state index in [2.05, 4.69) is 10.3 Å². The first kappa shape index (κ1) is 12.5. The summed E-state index contributed by atoms with van der Waals surface area (Å²) in [4.78, 5) is 10.9. The molecule has 2 aliphatic rings. The summed E-state index contributed by atoms with van der Waals surface area (Å²) in [5.41, 5.74) is -1.19. The number of aromatic nitrogens is 3. The lowest BCUT2D eigenvalue weighted by Crippen LogP contribution is -2.20. The second-order valence-electron chi connectivity index (χ2n) is 5.55. The molecule has 104 valence electrons. The molecule has 1 N–H and O–H groups in total. The number of carbonyl (C=O) groups is 1.